The second-order valence-electron chi connectivity index (χ2n) is 6.53. The van der Waals surface area contributed by atoms with E-state index in [-0.39, 0.29) is 19.0 Å². The summed E-state index contributed by atoms with van der Waals surface area (Å²) in [5, 5.41) is 5.36. The minimum atomic E-state index is 0. The van der Waals surface area contributed by atoms with Crippen LogP contribution >= 0.6 is 47.2 Å². The molecule has 160 valence electrons. The molecule has 7 heteroatoms. The van der Waals surface area contributed by atoms with E-state index in [1.54, 1.807) is 19.2 Å². The first kappa shape index (κ1) is 24.6. The normalized spacial score (nSPS) is 10.4. The Morgan fingerprint density at radius 3 is 2.17 bits per heavy atom. The first-order chi connectivity index (χ1) is 14.1. The Kier molecular flexibility index (Phi) is 10.1. The van der Waals surface area contributed by atoms with Gasteiger partial charge in [-0.2, -0.15) is 0 Å². The highest BCUT2D eigenvalue weighted by Gasteiger charge is 2.10. The zero-order chi connectivity index (χ0) is 20.6. The van der Waals surface area contributed by atoms with E-state index in [9.17, 15) is 0 Å². The van der Waals surface area contributed by atoms with Gasteiger partial charge in [-0.15, -0.1) is 12.4 Å². The molecule has 0 fully saturated rings. The fraction of sp³-hybridized carbons (Fsp3) is 0.217. The van der Waals surface area contributed by atoms with Gasteiger partial charge < -0.3 is 14.8 Å². The second-order valence-corrected chi connectivity index (χ2v) is 7.78. The molecule has 3 aromatic rings. The monoisotopic (exact) mass is 485 g/mol. The van der Waals surface area contributed by atoms with E-state index < -0.39 is 0 Å². The van der Waals surface area contributed by atoms with Gasteiger partial charge in [0, 0.05) is 27.2 Å². The molecule has 3 aromatic carbocycles. The third kappa shape index (κ3) is 6.97. The molecule has 0 aliphatic heterocycles. The van der Waals surface area contributed by atoms with Crippen molar-refractivity contribution in [1.29, 1.82) is 0 Å². The average molecular weight is 487 g/mol. The van der Waals surface area contributed by atoms with E-state index in [0.29, 0.717) is 21.5 Å². The van der Waals surface area contributed by atoms with E-state index in [2.05, 4.69) is 5.32 Å². The molecule has 3 nitrogen and oxygen atoms in total. The summed E-state index contributed by atoms with van der Waals surface area (Å²) in [5.41, 5.74) is 3.12. The Hall–Kier alpha value is -1.62. The number of nitrogens with one attached hydrogen (secondary N) is 1. The highest BCUT2D eigenvalue weighted by Crippen LogP contribution is 2.31. The van der Waals surface area contributed by atoms with Crippen LogP contribution in [0.4, 0.5) is 0 Å². The molecule has 0 saturated carbocycles. The Balaban J connectivity index is 0.00000320. The predicted octanol–water partition coefficient (Wildman–Crippen LogP) is 6.99. The topological polar surface area (TPSA) is 30.5 Å². The van der Waals surface area contributed by atoms with Gasteiger partial charge in [0.2, 0.25) is 0 Å². The number of benzene rings is 3. The fourth-order valence-electron chi connectivity index (χ4n) is 2.88. The van der Waals surface area contributed by atoms with Gasteiger partial charge in [-0.05, 0) is 60.5 Å². The van der Waals surface area contributed by atoms with Crippen LogP contribution in [0.3, 0.4) is 0 Å². The number of ether oxygens (including phenoxy) is 2. The van der Waals surface area contributed by atoms with Crippen molar-refractivity contribution in [3.8, 4) is 11.5 Å². The molecule has 0 atom stereocenters. The summed E-state index contributed by atoms with van der Waals surface area (Å²) in [6.07, 6.45) is 0.939. The van der Waals surface area contributed by atoms with E-state index in [1.165, 1.54) is 5.56 Å². The molecule has 3 rings (SSSR count). The van der Waals surface area contributed by atoms with Crippen LogP contribution in [0.5, 0.6) is 11.5 Å². The molecule has 30 heavy (non-hydrogen) atoms. The van der Waals surface area contributed by atoms with Crippen LogP contribution in [-0.4, -0.2) is 13.7 Å². The Bertz CT molecular complexity index is 928. The quantitative estimate of drug-likeness (QED) is 0.330. The molecule has 0 radical (unpaired) electrons. The number of halogens is 4. The molecule has 0 aliphatic carbocycles. The maximum atomic E-state index is 6.21. The summed E-state index contributed by atoms with van der Waals surface area (Å²) in [4.78, 5) is 0. The van der Waals surface area contributed by atoms with E-state index in [1.807, 2.05) is 48.5 Å². The van der Waals surface area contributed by atoms with Gasteiger partial charge in [0.1, 0.15) is 6.61 Å². The van der Waals surface area contributed by atoms with E-state index in [0.717, 1.165) is 35.7 Å². The van der Waals surface area contributed by atoms with Crippen LogP contribution in [-0.2, 0) is 19.6 Å². The second kappa shape index (κ2) is 12.3. The maximum Gasteiger partial charge on any atom is 0.161 e. The van der Waals surface area contributed by atoms with Gasteiger partial charge in [-0.3, -0.25) is 0 Å². The van der Waals surface area contributed by atoms with Crippen molar-refractivity contribution in [2.45, 2.75) is 19.6 Å². The summed E-state index contributed by atoms with van der Waals surface area (Å²) in [6.45, 7) is 1.88. The van der Waals surface area contributed by atoms with Gasteiger partial charge in [-0.1, -0.05) is 59.1 Å². The summed E-state index contributed by atoms with van der Waals surface area (Å²) >= 11 is 18.3. The van der Waals surface area contributed by atoms with Crippen LogP contribution in [0.1, 0.15) is 16.7 Å². The van der Waals surface area contributed by atoms with Gasteiger partial charge in [0.05, 0.1) is 7.11 Å². The van der Waals surface area contributed by atoms with Crippen LogP contribution in [0.2, 0.25) is 15.1 Å². The molecule has 0 aromatic heterocycles. The summed E-state index contributed by atoms with van der Waals surface area (Å²) < 4.78 is 11.4. The van der Waals surface area contributed by atoms with Crippen molar-refractivity contribution in [3.05, 3.63) is 92.4 Å². The van der Waals surface area contributed by atoms with Crippen molar-refractivity contribution >= 4 is 47.2 Å². The van der Waals surface area contributed by atoms with Crippen LogP contribution < -0.4 is 14.8 Å². The maximum absolute atomic E-state index is 6.21. The van der Waals surface area contributed by atoms with Crippen LogP contribution in [0, 0.1) is 0 Å². The molecule has 1 N–H and O–H groups in total. The van der Waals surface area contributed by atoms with Crippen molar-refractivity contribution in [2.24, 2.45) is 0 Å². The molecular formula is C23H23Cl4NO2. The van der Waals surface area contributed by atoms with Gasteiger partial charge in [-0.25, -0.2) is 0 Å². The Morgan fingerprint density at radius 1 is 0.833 bits per heavy atom. The lowest BCUT2D eigenvalue weighted by atomic mass is 10.1. The van der Waals surface area contributed by atoms with Crippen LogP contribution in [0.25, 0.3) is 0 Å². The molecule has 0 saturated heterocycles. The van der Waals surface area contributed by atoms with Crippen molar-refractivity contribution in [1.82, 2.24) is 5.32 Å². The minimum absolute atomic E-state index is 0. The standard InChI is InChI=1S/C23H22Cl3NO2.ClH/c1-28-23-13-17(14-27-12-11-16-5-8-18(24)9-6-16)7-10-22(23)29-15-19-20(25)3-2-4-21(19)26;/h2-10,13,27H,11-12,14-15H2,1H3;1H. The predicted molar refractivity (Wildman–Crippen MR) is 128 cm³/mol. The number of hydrogen-bond donors (Lipinski definition) is 1. The third-order valence-corrected chi connectivity index (χ3v) is 5.45. The lowest BCUT2D eigenvalue weighted by Gasteiger charge is -2.14. The summed E-state index contributed by atoms with van der Waals surface area (Å²) in [6, 6.07) is 19.2. The summed E-state index contributed by atoms with van der Waals surface area (Å²) in [7, 11) is 1.63. The smallest absolute Gasteiger partial charge is 0.161 e. The molecule has 0 heterocycles. The summed E-state index contributed by atoms with van der Waals surface area (Å²) in [5.74, 6) is 1.32. The molecule has 0 bridgehead atoms. The van der Waals surface area contributed by atoms with Crippen molar-refractivity contribution < 1.29 is 9.47 Å². The third-order valence-electron chi connectivity index (χ3n) is 4.49. The fourth-order valence-corrected chi connectivity index (χ4v) is 3.51. The number of rotatable bonds is 9. The SMILES string of the molecule is COc1cc(CNCCc2ccc(Cl)cc2)ccc1OCc1c(Cl)cccc1Cl.Cl. The molecular weight excluding hydrogens is 464 g/mol. The molecule has 0 spiro atoms. The molecule has 0 unspecified atom stereocenters. The largest absolute Gasteiger partial charge is 0.493 e. The first-order valence-electron chi connectivity index (χ1n) is 9.24. The first-order valence-corrected chi connectivity index (χ1v) is 10.4. The van der Waals surface area contributed by atoms with Crippen LogP contribution in [0.15, 0.2) is 60.7 Å². The van der Waals surface area contributed by atoms with Gasteiger partial charge in [0.25, 0.3) is 0 Å². The zero-order valence-corrected chi connectivity index (χ0v) is 19.5. The number of hydrogen-bond acceptors (Lipinski definition) is 3. The van der Waals surface area contributed by atoms with Gasteiger partial charge in [0.15, 0.2) is 11.5 Å². The van der Waals surface area contributed by atoms with Crippen molar-refractivity contribution in [2.75, 3.05) is 13.7 Å². The highest BCUT2D eigenvalue weighted by atomic mass is 35.5. The van der Waals surface area contributed by atoms with Gasteiger partial charge >= 0.3 is 0 Å². The average Bonchev–Trinajstić information content (AvgIpc) is 2.72. The molecule has 0 amide bonds. The van der Waals surface area contributed by atoms with E-state index >= 15 is 0 Å². The lowest BCUT2D eigenvalue weighted by Crippen LogP contribution is -2.16. The highest BCUT2D eigenvalue weighted by molar-refractivity contribution is 6.35. The Morgan fingerprint density at radius 2 is 1.50 bits per heavy atom. The lowest BCUT2D eigenvalue weighted by molar-refractivity contribution is 0.284. The van der Waals surface area contributed by atoms with E-state index in [4.69, 9.17) is 44.3 Å². The zero-order valence-electron chi connectivity index (χ0n) is 16.5. The number of methoxy groups -OCH3 is 1. The minimum Gasteiger partial charge on any atom is -0.493 e. The molecule has 0 aliphatic rings. The van der Waals surface area contributed by atoms with Crippen molar-refractivity contribution in [3.63, 3.8) is 0 Å². The Labute approximate surface area is 198 Å².